The van der Waals surface area contributed by atoms with Gasteiger partial charge in [0.05, 0.1) is 0 Å². The van der Waals surface area contributed by atoms with Crippen molar-refractivity contribution in [3.8, 4) is 0 Å². The third-order valence-corrected chi connectivity index (χ3v) is 1.80. The fourth-order valence-electron chi connectivity index (χ4n) is 1.19. The number of hydrogen-bond acceptors (Lipinski definition) is 1. The second kappa shape index (κ2) is 3.58. The molecule has 0 spiro atoms. The summed E-state index contributed by atoms with van der Waals surface area (Å²) in [5, 5.41) is 0. The lowest BCUT2D eigenvalue weighted by molar-refractivity contribution is 0.873. The molecule has 57 valence electrons. The smallest absolute Gasteiger partial charge is 0.242 e. The van der Waals surface area contributed by atoms with Gasteiger partial charge in [0.15, 0.2) is 0 Å². The highest BCUT2D eigenvalue weighted by Gasteiger charge is 2.03. The van der Waals surface area contributed by atoms with E-state index >= 15 is 0 Å². The second-order valence-electron chi connectivity index (χ2n) is 2.95. The van der Waals surface area contributed by atoms with Crippen molar-refractivity contribution in [2.45, 2.75) is 19.8 Å². The number of rotatable bonds is 2. The lowest BCUT2D eigenvalue weighted by atomic mass is 9.78. The average molecular weight is 146 g/mol. The van der Waals surface area contributed by atoms with Crippen LogP contribution in [0.5, 0.6) is 0 Å². The Morgan fingerprint density at radius 3 is 2.36 bits per heavy atom. The van der Waals surface area contributed by atoms with Crippen LogP contribution in [0.4, 0.5) is 0 Å². The number of hydrogen-bond donors (Lipinski definition) is 1. The Kier molecular flexibility index (Phi) is 2.72. The Morgan fingerprint density at radius 2 is 1.91 bits per heavy atom. The number of benzene rings is 1. The zero-order chi connectivity index (χ0) is 8.27. The van der Waals surface area contributed by atoms with Gasteiger partial charge in [-0.15, -0.1) is 0 Å². The summed E-state index contributed by atoms with van der Waals surface area (Å²) >= 11 is 0. The molecule has 2 heteroatoms. The normalized spacial score (nSPS) is 10.2. The molecule has 1 rings (SSSR count). The van der Waals surface area contributed by atoms with Gasteiger partial charge in [-0.25, -0.2) is 0 Å². The Balaban J connectivity index is 3.02. The minimum absolute atomic E-state index is 0.547. The molecule has 0 aromatic heterocycles. The van der Waals surface area contributed by atoms with Crippen LogP contribution in [-0.4, -0.2) is 7.41 Å². The van der Waals surface area contributed by atoms with E-state index in [1.807, 2.05) is 18.2 Å². The Hall–Kier alpha value is -0.755. The summed E-state index contributed by atoms with van der Waals surface area (Å²) in [7, 11) is 1.66. The van der Waals surface area contributed by atoms with Crippen molar-refractivity contribution in [2.24, 2.45) is 5.64 Å². The first kappa shape index (κ1) is 8.34. The molecule has 11 heavy (non-hydrogen) atoms. The van der Waals surface area contributed by atoms with Gasteiger partial charge in [-0.05, 0) is 5.92 Å². The highest BCUT2D eigenvalue weighted by molar-refractivity contribution is 6.50. The molecule has 0 aliphatic rings. The molecule has 0 heterocycles. The standard InChI is InChI=1S/C9H13BN/c1-7(2)8-5-3-4-6-9(8)10-11/h3-7H,11H2,1-2H3. The van der Waals surface area contributed by atoms with Gasteiger partial charge in [-0.1, -0.05) is 49.1 Å². The van der Waals surface area contributed by atoms with E-state index in [9.17, 15) is 0 Å². The molecule has 0 unspecified atom stereocenters. The average Bonchev–Trinajstić information content (AvgIpc) is 2.04. The molecular weight excluding hydrogens is 133 g/mol. The van der Waals surface area contributed by atoms with Crippen LogP contribution in [0.15, 0.2) is 24.3 Å². The summed E-state index contributed by atoms with van der Waals surface area (Å²) in [4.78, 5) is 0. The summed E-state index contributed by atoms with van der Waals surface area (Å²) in [5.41, 5.74) is 7.92. The lowest BCUT2D eigenvalue weighted by Crippen LogP contribution is -2.26. The monoisotopic (exact) mass is 146 g/mol. The molecule has 0 aliphatic heterocycles. The van der Waals surface area contributed by atoms with Gasteiger partial charge < -0.3 is 5.64 Å². The van der Waals surface area contributed by atoms with E-state index in [0.29, 0.717) is 5.92 Å². The van der Waals surface area contributed by atoms with Crippen molar-refractivity contribution >= 4 is 12.9 Å². The molecule has 0 atom stereocenters. The highest BCUT2D eigenvalue weighted by Crippen LogP contribution is 2.09. The minimum atomic E-state index is 0.547. The van der Waals surface area contributed by atoms with Crippen molar-refractivity contribution in [3.05, 3.63) is 29.8 Å². The quantitative estimate of drug-likeness (QED) is 0.619. The van der Waals surface area contributed by atoms with Crippen LogP contribution in [0.1, 0.15) is 25.3 Å². The van der Waals surface area contributed by atoms with Crippen LogP contribution in [0.2, 0.25) is 0 Å². The molecule has 1 nitrogen and oxygen atoms in total. The maximum absolute atomic E-state index is 5.46. The fraction of sp³-hybridized carbons (Fsp3) is 0.333. The molecule has 0 aliphatic carbocycles. The first-order valence-electron chi connectivity index (χ1n) is 3.89. The Bertz CT molecular complexity index is 233. The van der Waals surface area contributed by atoms with E-state index in [1.54, 1.807) is 7.41 Å². The molecule has 1 aromatic carbocycles. The molecular formula is C9H13BN. The predicted molar refractivity (Wildman–Crippen MR) is 50.1 cm³/mol. The molecule has 0 saturated carbocycles. The van der Waals surface area contributed by atoms with Crippen molar-refractivity contribution in [1.29, 1.82) is 0 Å². The van der Waals surface area contributed by atoms with E-state index in [-0.39, 0.29) is 0 Å². The van der Waals surface area contributed by atoms with E-state index in [0.717, 1.165) is 5.46 Å². The highest BCUT2D eigenvalue weighted by atomic mass is 14.4. The van der Waals surface area contributed by atoms with Gasteiger partial charge in [-0.2, -0.15) is 0 Å². The van der Waals surface area contributed by atoms with E-state index in [2.05, 4.69) is 19.9 Å². The molecule has 0 bridgehead atoms. The molecule has 0 saturated heterocycles. The first-order chi connectivity index (χ1) is 5.25. The van der Waals surface area contributed by atoms with Crippen LogP contribution in [0.25, 0.3) is 0 Å². The van der Waals surface area contributed by atoms with Crippen LogP contribution in [-0.2, 0) is 0 Å². The van der Waals surface area contributed by atoms with Crippen molar-refractivity contribution in [2.75, 3.05) is 0 Å². The van der Waals surface area contributed by atoms with Crippen molar-refractivity contribution in [3.63, 3.8) is 0 Å². The van der Waals surface area contributed by atoms with Gasteiger partial charge >= 0.3 is 0 Å². The maximum atomic E-state index is 5.46. The van der Waals surface area contributed by atoms with Crippen LogP contribution in [0, 0.1) is 0 Å². The number of nitrogens with two attached hydrogens (primary N) is 1. The first-order valence-corrected chi connectivity index (χ1v) is 3.89. The maximum Gasteiger partial charge on any atom is 0.242 e. The molecule has 1 aromatic rings. The van der Waals surface area contributed by atoms with Gasteiger partial charge in [0.2, 0.25) is 7.41 Å². The third-order valence-electron chi connectivity index (χ3n) is 1.80. The molecule has 1 radical (unpaired) electrons. The molecule has 2 N–H and O–H groups in total. The summed E-state index contributed by atoms with van der Waals surface area (Å²) in [6, 6.07) is 8.20. The fourth-order valence-corrected chi connectivity index (χ4v) is 1.19. The Morgan fingerprint density at radius 1 is 1.27 bits per heavy atom. The van der Waals surface area contributed by atoms with Gasteiger partial charge in [0.1, 0.15) is 0 Å². The van der Waals surface area contributed by atoms with Crippen molar-refractivity contribution < 1.29 is 0 Å². The van der Waals surface area contributed by atoms with Gasteiger partial charge in [0, 0.05) is 0 Å². The second-order valence-corrected chi connectivity index (χ2v) is 2.95. The van der Waals surface area contributed by atoms with E-state index in [4.69, 9.17) is 5.64 Å². The minimum Gasteiger partial charge on any atom is -0.370 e. The largest absolute Gasteiger partial charge is 0.370 e. The van der Waals surface area contributed by atoms with Crippen LogP contribution < -0.4 is 11.1 Å². The third kappa shape index (κ3) is 1.84. The van der Waals surface area contributed by atoms with Crippen molar-refractivity contribution in [1.82, 2.24) is 0 Å². The topological polar surface area (TPSA) is 26.0 Å². The van der Waals surface area contributed by atoms with E-state index < -0.39 is 0 Å². The lowest BCUT2D eigenvalue weighted by Gasteiger charge is -2.09. The zero-order valence-corrected chi connectivity index (χ0v) is 7.04. The summed E-state index contributed by atoms with van der Waals surface area (Å²) in [6.45, 7) is 4.34. The van der Waals surface area contributed by atoms with E-state index in [1.165, 1.54) is 5.56 Å². The zero-order valence-electron chi connectivity index (χ0n) is 7.04. The predicted octanol–water partition coefficient (Wildman–Crippen LogP) is 1.01. The van der Waals surface area contributed by atoms with Gasteiger partial charge in [0.25, 0.3) is 0 Å². The molecule has 0 fully saturated rings. The summed E-state index contributed by atoms with van der Waals surface area (Å²) < 4.78 is 0. The SMILES string of the molecule is CC(C)c1ccccc1[B]N. The Labute approximate surface area is 68.9 Å². The summed E-state index contributed by atoms with van der Waals surface area (Å²) in [6.07, 6.45) is 0. The molecule has 0 amide bonds. The van der Waals surface area contributed by atoms with Crippen LogP contribution >= 0.6 is 0 Å². The van der Waals surface area contributed by atoms with Gasteiger partial charge in [-0.3, -0.25) is 0 Å². The van der Waals surface area contributed by atoms with Crippen LogP contribution in [0.3, 0.4) is 0 Å². The summed E-state index contributed by atoms with van der Waals surface area (Å²) in [5.74, 6) is 0.547.